The fraction of sp³-hybridized carbons (Fsp3) is 0.353. The molecule has 22 heavy (non-hydrogen) atoms. The van der Waals surface area contributed by atoms with Gasteiger partial charge in [-0.15, -0.1) is 0 Å². The lowest BCUT2D eigenvalue weighted by Crippen LogP contribution is -2.28. The lowest BCUT2D eigenvalue weighted by molar-refractivity contribution is 0.0221. The van der Waals surface area contributed by atoms with Crippen molar-refractivity contribution < 1.29 is 23.7 Å². The smallest absolute Gasteiger partial charge is 0.469 e. The molecular formula is C17H20O5. The molecular weight excluding hydrogens is 284 g/mol. The Labute approximate surface area is 130 Å². The highest BCUT2D eigenvalue weighted by Gasteiger charge is 2.44. The van der Waals surface area contributed by atoms with E-state index in [0.29, 0.717) is 11.3 Å². The maximum absolute atomic E-state index is 11.3. The number of rotatable bonds is 4. The van der Waals surface area contributed by atoms with E-state index >= 15 is 0 Å². The van der Waals surface area contributed by atoms with Crippen LogP contribution in [0.15, 0.2) is 60.6 Å². The van der Waals surface area contributed by atoms with E-state index in [2.05, 4.69) is 19.7 Å². The number of carbonyl (C=O) groups is 1. The second-order valence-corrected chi connectivity index (χ2v) is 5.38. The van der Waals surface area contributed by atoms with Crippen LogP contribution in [0.4, 0.5) is 4.79 Å². The first kappa shape index (κ1) is 16.1. The molecule has 2 rings (SSSR count). The molecule has 2 fully saturated rings. The van der Waals surface area contributed by atoms with Gasteiger partial charge in [0, 0.05) is 0 Å². The lowest BCUT2D eigenvalue weighted by atomic mass is 9.90. The van der Waals surface area contributed by atoms with Gasteiger partial charge in [0.15, 0.2) is 18.2 Å². The van der Waals surface area contributed by atoms with E-state index in [1.807, 2.05) is 19.9 Å². The molecule has 0 bridgehead atoms. The minimum atomic E-state index is -1.02. The third-order valence-corrected chi connectivity index (χ3v) is 4.08. The van der Waals surface area contributed by atoms with Crippen LogP contribution < -0.4 is 0 Å². The van der Waals surface area contributed by atoms with Crippen LogP contribution >= 0.6 is 0 Å². The summed E-state index contributed by atoms with van der Waals surface area (Å²) in [5, 5.41) is 0. The third kappa shape index (κ3) is 2.48. The number of ether oxygens (including phenoxy) is 4. The summed E-state index contributed by atoms with van der Waals surface area (Å²) in [6, 6.07) is 0. The predicted molar refractivity (Wildman–Crippen MR) is 81.7 cm³/mol. The normalized spacial score (nSPS) is 32.1. The maximum Gasteiger partial charge on any atom is 0.515 e. The van der Waals surface area contributed by atoms with Crippen molar-refractivity contribution in [2.45, 2.75) is 32.0 Å². The van der Waals surface area contributed by atoms with Gasteiger partial charge in [0.25, 0.3) is 0 Å². The molecule has 0 aromatic rings. The molecule has 0 spiro atoms. The Bertz CT molecular complexity index is 613. The highest BCUT2D eigenvalue weighted by molar-refractivity contribution is 5.68. The van der Waals surface area contributed by atoms with Gasteiger partial charge in [-0.3, -0.25) is 0 Å². The molecule has 0 saturated carbocycles. The minimum absolute atomic E-state index is 0.151. The molecule has 118 valence electrons. The summed E-state index contributed by atoms with van der Waals surface area (Å²) in [6.07, 6.45) is 4.63. The zero-order valence-corrected chi connectivity index (χ0v) is 13.1. The third-order valence-electron chi connectivity index (χ3n) is 4.08. The van der Waals surface area contributed by atoms with E-state index in [9.17, 15) is 4.79 Å². The maximum atomic E-state index is 11.3. The first-order valence-corrected chi connectivity index (χ1v) is 6.84. The van der Waals surface area contributed by atoms with Crippen molar-refractivity contribution in [3.05, 3.63) is 60.6 Å². The van der Waals surface area contributed by atoms with Gasteiger partial charge in [-0.25, -0.2) is 4.79 Å². The summed E-state index contributed by atoms with van der Waals surface area (Å²) in [6.45, 7) is 17.1. The van der Waals surface area contributed by atoms with Crippen LogP contribution in [-0.4, -0.2) is 24.2 Å². The Balaban J connectivity index is 2.21. The summed E-state index contributed by atoms with van der Waals surface area (Å²) in [7, 11) is 0. The van der Waals surface area contributed by atoms with E-state index in [-0.39, 0.29) is 12.6 Å². The van der Waals surface area contributed by atoms with Crippen molar-refractivity contribution >= 4 is 6.16 Å². The number of cyclic esters (lactones) is 2. The molecule has 0 aliphatic carbocycles. The van der Waals surface area contributed by atoms with Crippen LogP contribution in [0.5, 0.6) is 0 Å². The topological polar surface area (TPSA) is 54.0 Å². The van der Waals surface area contributed by atoms with Crippen molar-refractivity contribution in [3.63, 3.8) is 0 Å². The second-order valence-electron chi connectivity index (χ2n) is 5.38. The molecule has 0 aromatic heterocycles. The Morgan fingerprint density at radius 2 is 1.86 bits per heavy atom. The summed E-state index contributed by atoms with van der Waals surface area (Å²) >= 11 is 0. The summed E-state index contributed by atoms with van der Waals surface area (Å²) in [4.78, 5) is 11.3. The fourth-order valence-corrected chi connectivity index (χ4v) is 2.25. The first-order valence-electron chi connectivity index (χ1n) is 6.84. The average Bonchev–Trinajstić information content (AvgIpc) is 2.92. The molecule has 2 aliphatic rings. The number of allylic oxidation sites excluding steroid dienone is 1. The zero-order valence-electron chi connectivity index (χ0n) is 13.1. The van der Waals surface area contributed by atoms with Crippen molar-refractivity contribution in [3.8, 4) is 0 Å². The monoisotopic (exact) mass is 304 g/mol. The molecule has 0 amide bonds. The molecule has 5 nitrogen and oxygen atoms in total. The molecule has 2 unspecified atom stereocenters. The Kier molecular flexibility index (Phi) is 4.02. The number of hydrogen-bond acceptors (Lipinski definition) is 5. The molecule has 2 atom stereocenters. The second kappa shape index (κ2) is 5.50. The van der Waals surface area contributed by atoms with Gasteiger partial charge in [0.1, 0.15) is 11.4 Å². The predicted octanol–water partition coefficient (Wildman–Crippen LogP) is 3.76. The van der Waals surface area contributed by atoms with Crippen molar-refractivity contribution in [1.29, 1.82) is 0 Å². The molecule has 5 heteroatoms. The van der Waals surface area contributed by atoms with Gasteiger partial charge in [0.2, 0.25) is 0 Å². The summed E-state index contributed by atoms with van der Waals surface area (Å²) < 4.78 is 20.9. The fourth-order valence-electron chi connectivity index (χ4n) is 2.25. The first-order chi connectivity index (χ1) is 10.2. The van der Waals surface area contributed by atoms with Crippen molar-refractivity contribution in [2.75, 3.05) is 6.79 Å². The Hall–Kier alpha value is -2.27. The van der Waals surface area contributed by atoms with E-state index in [0.717, 1.165) is 5.57 Å². The van der Waals surface area contributed by atoms with E-state index < -0.39 is 17.4 Å². The Morgan fingerprint density at radius 1 is 1.18 bits per heavy atom. The molecule has 0 aromatic carbocycles. The zero-order chi connectivity index (χ0) is 16.5. The van der Waals surface area contributed by atoms with Crippen LogP contribution in [0.1, 0.15) is 20.8 Å². The minimum Gasteiger partial charge on any atom is -0.469 e. The molecule has 2 aliphatic heterocycles. The van der Waals surface area contributed by atoms with Crippen LogP contribution in [0, 0.1) is 0 Å². The van der Waals surface area contributed by atoms with E-state index in [4.69, 9.17) is 18.9 Å². The number of carbonyl (C=O) groups excluding carboxylic acids is 1. The lowest BCUT2D eigenvalue weighted by Gasteiger charge is -2.24. The largest absolute Gasteiger partial charge is 0.515 e. The summed E-state index contributed by atoms with van der Waals surface area (Å²) in [5.74, 6) is 0.757. The van der Waals surface area contributed by atoms with Crippen LogP contribution in [0.2, 0.25) is 0 Å². The summed E-state index contributed by atoms with van der Waals surface area (Å²) in [5.41, 5.74) is -0.393. The van der Waals surface area contributed by atoms with E-state index in [1.54, 1.807) is 19.1 Å². The van der Waals surface area contributed by atoms with Gasteiger partial charge >= 0.3 is 6.16 Å². The van der Waals surface area contributed by atoms with Crippen LogP contribution in [0.3, 0.4) is 0 Å². The molecule has 0 N–H and O–H groups in total. The molecule has 0 radical (unpaired) electrons. The molecule has 2 saturated heterocycles. The highest BCUT2D eigenvalue weighted by Crippen LogP contribution is 2.38. The van der Waals surface area contributed by atoms with Crippen LogP contribution in [-0.2, 0) is 18.9 Å². The van der Waals surface area contributed by atoms with Gasteiger partial charge < -0.3 is 18.9 Å². The SMILES string of the molecule is C=C(/C=C\C(=C/C)C1(C)OC(=O)OC1=C)C1(C)OCOC1=C. The highest BCUT2D eigenvalue weighted by atomic mass is 16.8. The van der Waals surface area contributed by atoms with E-state index in [1.165, 1.54) is 0 Å². The van der Waals surface area contributed by atoms with Gasteiger partial charge in [-0.2, -0.15) is 0 Å². The van der Waals surface area contributed by atoms with Crippen molar-refractivity contribution in [1.82, 2.24) is 0 Å². The molecule has 2 heterocycles. The van der Waals surface area contributed by atoms with Crippen LogP contribution in [0.25, 0.3) is 0 Å². The van der Waals surface area contributed by atoms with Gasteiger partial charge in [-0.1, -0.05) is 38.0 Å². The number of hydrogen-bond donors (Lipinski definition) is 0. The Morgan fingerprint density at radius 3 is 2.32 bits per heavy atom. The average molecular weight is 304 g/mol. The quantitative estimate of drug-likeness (QED) is 0.584. The van der Waals surface area contributed by atoms with Crippen molar-refractivity contribution in [2.24, 2.45) is 0 Å². The van der Waals surface area contributed by atoms with Gasteiger partial charge in [-0.05, 0) is 31.9 Å². The standard InChI is InChI=1S/C17H20O5/c1-7-14(17(6)13(4)21-15(18)22-17)9-8-11(2)16(5)12(3)19-10-20-16/h7-9H,2-4,10H2,1,5-6H3/b9-8-,14-7+. The van der Waals surface area contributed by atoms with Gasteiger partial charge in [0.05, 0.1) is 0 Å².